The lowest BCUT2D eigenvalue weighted by Crippen LogP contribution is -2.25. The Bertz CT molecular complexity index is 991. The van der Waals surface area contributed by atoms with Gasteiger partial charge in [-0.3, -0.25) is 4.98 Å². The van der Waals surface area contributed by atoms with E-state index >= 15 is 0 Å². The van der Waals surface area contributed by atoms with Crippen LogP contribution in [-0.2, 0) is 23.1 Å². The molecule has 126 valence electrons. The van der Waals surface area contributed by atoms with Crippen LogP contribution in [0.5, 0.6) is 0 Å². The zero-order valence-corrected chi connectivity index (χ0v) is 14.1. The minimum absolute atomic E-state index is 0.242. The summed E-state index contributed by atoms with van der Waals surface area (Å²) in [5, 5.41) is 0. The third-order valence-corrected chi connectivity index (χ3v) is 6.13. The number of hydrogen-bond donors (Lipinski definition) is 0. The largest absolute Gasteiger partial charge is 0.260 e. The molecule has 0 saturated heterocycles. The Hall–Kier alpha value is -2.57. The highest BCUT2D eigenvalue weighted by Crippen LogP contribution is 2.28. The van der Waals surface area contributed by atoms with Gasteiger partial charge in [-0.1, -0.05) is 30.3 Å². The summed E-state index contributed by atoms with van der Waals surface area (Å²) in [7, 11) is -3.58. The van der Waals surface area contributed by atoms with Crippen molar-refractivity contribution >= 4 is 10.0 Å². The van der Waals surface area contributed by atoms with Crippen molar-refractivity contribution < 1.29 is 12.8 Å². The van der Waals surface area contributed by atoms with Crippen molar-refractivity contribution in [3.63, 3.8) is 0 Å². The summed E-state index contributed by atoms with van der Waals surface area (Å²) in [6.45, 7) is 0.628. The third kappa shape index (κ3) is 2.94. The number of sulfonamides is 1. The standard InChI is InChI=1S/C19H15FN2O2S/c20-17-7-3-14(4-8-17)15-5-9-18(10-6-15)25(23,24)22-12-16-2-1-11-21-19(16)13-22/h1-11H,12-13H2. The summed E-state index contributed by atoms with van der Waals surface area (Å²) >= 11 is 0. The number of benzene rings is 2. The van der Waals surface area contributed by atoms with Gasteiger partial charge in [0.25, 0.3) is 0 Å². The predicted molar refractivity (Wildman–Crippen MR) is 92.5 cm³/mol. The van der Waals surface area contributed by atoms with Gasteiger partial charge in [-0.15, -0.1) is 0 Å². The van der Waals surface area contributed by atoms with Gasteiger partial charge in [-0.2, -0.15) is 4.31 Å². The zero-order valence-electron chi connectivity index (χ0n) is 13.3. The number of nitrogens with zero attached hydrogens (tertiary/aromatic N) is 2. The van der Waals surface area contributed by atoms with Gasteiger partial charge in [0, 0.05) is 12.7 Å². The molecule has 0 atom stereocenters. The summed E-state index contributed by atoms with van der Waals surface area (Å²) < 4.78 is 40.1. The molecule has 0 saturated carbocycles. The van der Waals surface area contributed by atoms with Crippen molar-refractivity contribution in [1.82, 2.24) is 9.29 Å². The molecule has 2 heterocycles. The quantitative estimate of drug-likeness (QED) is 0.722. The molecule has 0 fully saturated rings. The summed E-state index contributed by atoms with van der Waals surface area (Å²) in [6.07, 6.45) is 1.67. The van der Waals surface area contributed by atoms with E-state index in [-0.39, 0.29) is 17.3 Å². The first-order valence-corrected chi connectivity index (χ1v) is 9.27. The Morgan fingerprint density at radius 2 is 1.52 bits per heavy atom. The second-order valence-corrected chi connectivity index (χ2v) is 7.85. The molecule has 0 N–H and O–H groups in total. The highest BCUT2D eigenvalue weighted by atomic mass is 32.2. The van der Waals surface area contributed by atoms with Crippen molar-refractivity contribution in [2.24, 2.45) is 0 Å². The van der Waals surface area contributed by atoms with Crippen molar-refractivity contribution in [2.45, 2.75) is 18.0 Å². The van der Waals surface area contributed by atoms with E-state index in [1.165, 1.54) is 16.4 Å². The SMILES string of the molecule is O=S(=O)(c1ccc(-c2ccc(F)cc2)cc1)N1Cc2cccnc2C1. The van der Waals surface area contributed by atoms with Gasteiger partial charge in [-0.05, 0) is 47.0 Å². The molecule has 2 aromatic carbocycles. The number of rotatable bonds is 3. The average molecular weight is 354 g/mol. The molecule has 3 aromatic rings. The van der Waals surface area contributed by atoms with E-state index in [9.17, 15) is 12.8 Å². The predicted octanol–water partition coefficient (Wildman–Crippen LogP) is 3.59. The van der Waals surface area contributed by atoms with Gasteiger partial charge in [0.2, 0.25) is 10.0 Å². The molecule has 6 heteroatoms. The van der Waals surface area contributed by atoms with Gasteiger partial charge >= 0.3 is 0 Å². The van der Waals surface area contributed by atoms with Crippen molar-refractivity contribution in [3.8, 4) is 11.1 Å². The molecular formula is C19H15FN2O2S. The first-order valence-electron chi connectivity index (χ1n) is 7.83. The van der Waals surface area contributed by atoms with Crippen molar-refractivity contribution in [3.05, 3.63) is 83.9 Å². The number of fused-ring (bicyclic) bond motifs is 1. The minimum atomic E-state index is -3.58. The highest BCUT2D eigenvalue weighted by Gasteiger charge is 2.31. The third-order valence-electron chi connectivity index (χ3n) is 4.33. The van der Waals surface area contributed by atoms with E-state index in [0.717, 1.165) is 22.4 Å². The van der Waals surface area contributed by atoms with E-state index in [2.05, 4.69) is 4.98 Å². The Morgan fingerprint density at radius 1 is 0.880 bits per heavy atom. The maximum atomic E-state index is 13.0. The molecule has 1 aliphatic heterocycles. The molecule has 0 unspecified atom stereocenters. The van der Waals surface area contributed by atoms with Crippen LogP contribution >= 0.6 is 0 Å². The van der Waals surface area contributed by atoms with Crippen LogP contribution in [0.2, 0.25) is 0 Å². The lowest BCUT2D eigenvalue weighted by molar-refractivity contribution is 0.430. The molecule has 1 aliphatic rings. The first-order chi connectivity index (χ1) is 12.0. The van der Waals surface area contributed by atoms with Crippen molar-refractivity contribution in [1.29, 1.82) is 0 Å². The maximum Gasteiger partial charge on any atom is 0.243 e. The van der Waals surface area contributed by atoms with Crippen LogP contribution in [0.3, 0.4) is 0 Å². The highest BCUT2D eigenvalue weighted by molar-refractivity contribution is 7.89. The van der Waals surface area contributed by atoms with E-state index in [1.54, 1.807) is 42.6 Å². The molecule has 0 amide bonds. The fourth-order valence-electron chi connectivity index (χ4n) is 2.95. The topological polar surface area (TPSA) is 50.3 Å². The van der Waals surface area contributed by atoms with Crippen LogP contribution in [0, 0.1) is 5.82 Å². The van der Waals surface area contributed by atoms with Gasteiger partial charge in [0.1, 0.15) is 5.82 Å². The minimum Gasteiger partial charge on any atom is -0.260 e. The van der Waals surface area contributed by atoms with Crippen LogP contribution in [0.25, 0.3) is 11.1 Å². The average Bonchev–Trinajstić information content (AvgIpc) is 3.08. The summed E-state index contributed by atoms with van der Waals surface area (Å²) in [6, 6.07) is 16.5. The molecular weight excluding hydrogens is 339 g/mol. The summed E-state index contributed by atoms with van der Waals surface area (Å²) in [5.74, 6) is -0.301. The molecule has 1 aromatic heterocycles. The lowest BCUT2D eigenvalue weighted by atomic mass is 10.1. The number of pyridine rings is 1. The number of halogens is 1. The Balaban J connectivity index is 1.60. The van der Waals surface area contributed by atoms with Crippen LogP contribution in [-0.4, -0.2) is 17.7 Å². The fourth-order valence-corrected chi connectivity index (χ4v) is 4.33. The molecule has 0 bridgehead atoms. The van der Waals surface area contributed by atoms with Gasteiger partial charge in [0.15, 0.2) is 0 Å². The Labute approximate surface area is 145 Å². The zero-order chi connectivity index (χ0) is 17.4. The number of aromatic nitrogens is 1. The van der Waals surface area contributed by atoms with Crippen LogP contribution < -0.4 is 0 Å². The monoisotopic (exact) mass is 354 g/mol. The van der Waals surface area contributed by atoms with E-state index in [4.69, 9.17) is 0 Å². The summed E-state index contributed by atoms with van der Waals surface area (Å²) in [5.41, 5.74) is 3.41. The molecule has 0 spiro atoms. The van der Waals surface area contributed by atoms with Gasteiger partial charge in [0.05, 0.1) is 17.1 Å². The van der Waals surface area contributed by atoms with Crippen LogP contribution in [0.1, 0.15) is 11.3 Å². The Morgan fingerprint density at radius 3 is 2.16 bits per heavy atom. The van der Waals surface area contributed by atoms with Crippen LogP contribution in [0.15, 0.2) is 71.8 Å². The lowest BCUT2D eigenvalue weighted by Gasteiger charge is -2.15. The molecule has 0 radical (unpaired) electrons. The molecule has 0 aliphatic carbocycles. The normalized spacial score (nSPS) is 14.4. The van der Waals surface area contributed by atoms with Crippen molar-refractivity contribution in [2.75, 3.05) is 0 Å². The number of hydrogen-bond acceptors (Lipinski definition) is 3. The van der Waals surface area contributed by atoms with E-state index in [0.29, 0.717) is 6.54 Å². The fraction of sp³-hybridized carbons (Fsp3) is 0.105. The van der Waals surface area contributed by atoms with E-state index in [1.807, 2.05) is 12.1 Å². The second kappa shape index (κ2) is 6.06. The van der Waals surface area contributed by atoms with Gasteiger partial charge < -0.3 is 0 Å². The molecule has 4 nitrogen and oxygen atoms in total. The molecule has 25 heavy (non-hydrogen) atoms. The van der Waals surface area contributed by atoms with E-state index < -0.39 is 10.0 Å². The van der Waals surface area contributed by atoms with Gasteiger partial charge in [-0.25, -0.2) is 12.8 Å². The summed E-state index contributed by atoms with van der Waals surface area (Å²) in [4.78, 5) is 4.48. The maximum absolute atomic E-state index is 13.0. The Kier molecular flexibility index (Phi) is 3.86. The molecule has 4 rings (SSSR count). The van der Waals surface area contributed by atoms with Crippen LogP contribution in [0.4, 0.5) is 4.39 Å². The smallest absolute Gasteiger partial charge is 0.243 e. The second-order valence-electron chi connectivity index (χ2n) is 5.91. The first kappa shape index (κ1) is 15.9.